The Labute approximate surface area is 125 Å². The van der Waals surface area contributed by atoms with Gasteiger partial charge in [0.15, 0.2) is 6.61 Å². The van der Waals surface area contributed by atoms with Crippen LogP contribution in [-0.2, 0) is 4.79 Å². The highest BCUT2D eigenvalue weighted by molar-refractivity contribution is 6.30. The lowest BCUT2D eigenvalue weighted by Crippen LogP contribution is -2.48. The van der Waals surface area contributed by atoms with Crippen LogP contribution in [0.4, 0.5) is 0 Å². The summed E-state index contributed by atoms with van der Waals surface area (Å²) in [5, 5.41) is 0.666. The van der Waals surface area contributed by atoms with Gasteiger partial charge in [0.2, 0.25) is 0 Å². The third-order valence-electron chi connectivity index (χ3n) is 3.82. The molecule has 1 aromatic rings. The smallest absolute Gasteiger partial charge is 0.260 e. The minimum absolute atomic E-state index is 0.0818. The van der Waals surface area contributed by atoms with Crippen LogP contribution < -0.4 is 4.74 Å². The fourth-order valence-corrected chi connectivity index (χ4v) is 2.84. The zero-order chi connectivity index (χ0) is 14.5. The van der Waals surface area contributed by atoms with Crippen LogP contribution in [0.15, 0.2) is 24.3 Å². The van der Waals surface area contributed by atoms with E-state index < -0.39 is 0 Å². The molecule has 1 atom stereocenters. The van der Waals surface area contributed by atoms with Crippen LogP contribution in [-0.4, -0.2) is 30.0 Å². The molecule has 1 aliphatic rings. The number of benzene rings is 1. The maximum Gasteiger partial charge on any atom is 0.260 e. The van der Waals surface area contributed by atoms with Crippen molar-refractivity contribution in [1.29, 1.82) is 0 Å². The summed E-state index contributed by atoms with van der Waals surface area (Å²) in [4.78, 5) is 14.3. The topological polar surface area (TPSA) is 29.5 Å². The maximum atomic E-state index is 12.3. The van der Waals surface area contributed by atoms with E-state index in [2.05, 4.69) is 13.8 Å². The van der Waals surface area contributed by atoms with Crippen molar-refractivity contribution in [3.05, 3.63) is 29.3 Å². The van der Waals surface area contributed by atoms with Crippen molar-refractivity contribution < 1.29 is 9.53 Å². The molecule has 2 rings (SSSR count). The van der Waals surface area contributed by atoms with Crippen LogP contribution in [0.1, 0.15) is 33.1 Å². The molecule has 1 aromatic carbocycles. The average Bonchev–Trinajstić information content (AvgIpc) is 2.46. The first-order chi connectivity index (χ1) is 9.58. The molecule has 0 saturated carbocycles. The average molecular weight is 296 g/mol. The van der Waals surface area contributed by atoms with Gasteiger partial charge in [-0.05, 0) is 49.4 Å². The van der Waals surface area contributed by atoms with E-state index in [9.17, 15) is 4.79 Å². The van der Waals surface area contributed by atoms with Crippen molar-refractivity contribution in [3.63, 3.8) is 0 Å². The molecule has 1 aliphatic heterocycles. The summed E-state index contributed by atoms with van der Waals surface area (Å²) in [5.74, 6) is 1.26. The second-order valence-electron chi connectivity index (χ2n) is 5.64. The number of halogens is 1. The fourth-order valence-electron chi connectivity index (χ4n) is 2.72. The number of ether oxygens (including phenoxy) is 1. The molecule has 1 unspecified atom stereocenters. The summed E-state index contributed by atoms with van der Waals surface area (Å²) in [6.07, 6.45) is 3.41. The molecule has 1 amide bonds. The minimum Gasteiger partial charge on any atom is -0.484 e. The highest BCUT2D eigenvalue weighted by atomic mass is 35.5. The Bertz CT molecular complexity index is 444. The monoisotopic (exact) mass is 295 g/mol. The van der Waals surface area contributed by atoms with Crippen LogP contribution >= 0.6 is 11.6 Å². The van der Waals surface area contributed by atoms with Crippen molar-refractivity contribution in [2.45, 2.75) is 39.2 Å². The maximum absolute atomic E-state index is 12.3. The second kappa shape index (κ2) is 6.98. The van der Waals surface area contributed by atoms with Gasteiger partial charge >= 0.3 is 0 Å². The first kappa shape index (κ1) is 15.2. The largest absolute Gasteiger partial charge is 0.484 e. The van der Waals surface area contributed by atoms with Crippen LogP contribution in [0.25, 0.3) is 0 Å². The summed E-state index contributed by atoms with van der Waals surface area (Å²) < 4.78 is 5.55. The van der Waals surface area contributed by atoms with Gasteiger partial charge in [-0.1, -0.05) is 25.4 Å². The third-order valence-corrected chi connectivity index (χ3v) is 4.07. The first-order valence-corrected chi connectivity index (χ1v) is 7.63. The highest BCUT2D eigenvalue weighted by Gasteiger charge is 2.28. The molecule has 0 aliphatic carbocycles. The van der Waals surface area contributed by atoms with E-state index in [4.69, 9.17) is 16.3 Å². The molecule has 0 radical (unpaired) electrons. The van der Waals surface area contributed by atoms with Crippen molar-refractivity contribution in [2.75, 3.05) is 13.2 Å². The summed E-state index contributed by atoms with van der Waals surface area (Å²) in [7, 11) is 0. The number of piperidine rings is 1. The molecule has 1 fully saturated rings. The Morgan fingerprint density at radius 2 is 2.05 bits per heavy atom. The number of amides is 1. The van der Waals surface area contributed by atoms with Gasteiger partial charge in [-0.2, -0.15) is 0 Å². The number of hydrogen-bond donors (Lipinski definition) is 0. The number of hydrogen-bond acceptors (Lipinski definition) is 2. The second-order valence-corrected chi connectivity index (χ2v) is 6.07. The SMILES string of the molecule is CC(C)C1CCCCN1C(=O)COc1ccc(Cl)cc1. The van der Waals surface area contributed by atoms with Gasteiger partial charge in [0.05, 0.1) is 0 Å². The highest BCUT2D eigenvalue weighted by Crippen LogP contribution is 2.23. The van der Waals surface area contributed by atoms with Crippen molar-refractivity contribution in [3.8, 4) is 5.75 Å². The minimum atomic E-state index is 0.0818. The molecule has 0 bridgehead atoms. The molecule has 1 saturated heterocycles. The molecular weight excluding hydrogens is 274 g/mol. The third kappa shape index (κ3) is 3.89. The Hall–Kier alpha value is -1.22. The van der Waals surface area contributed by atoms with Gasteiger partial charge < -0.3 is 9.64 Å². The molecular formula is C16H22ClNO2. The van der Waals surface area contributed by atoms with Crippen LogP contribution in [0.5, 0.6) is 5.75 Å². The lowest BCUT2D eigenvalue weighted by atomic mass is 9.93. The molecule has 3 nitrogen and oxygen atoms in total. The van der Waals surface area contributed by atoms with Crippen LogP contribution in [0.3, 0.4) is 0 Å². The van der Waals surface area contributed by atoms with Crippen molar-refractivity contribution in [2.24, 2.45) is 5.92 Å². The van der Waals surface area contributed by atoms with E-state index in [-0.39, 0.29) is 12.5 Å². The summed E-state index contributed by atoms with van der Waals surface area (Å²) >= 11 is 5.82. The van der Waals surface area contributed by atoms with Gasteiger partial charge in [-0.3, -0.25) is 4.79 Å². The number of nitrogens with zero attached hydrogens (tertiary/aromatic N) is 1. The predicted molar refractivity (Wildman–Crippen MR) is 81.1 cm³/mol. The predicted octanol–water partition coefficient (Wildman–Crippen LogP) is 3.76. The van der Waals surface area contributed by atoms with Gasteiger partial charge in [-0.15, -0.1) is 0 Å². The number of rotatable bonds is 4. The quantitative estimate of drug-likeness (QED) is 0.846. The molecule has 0 N–H and O–H groups in total. The lowest BCUT2D eigenvalue weighted by Gasteiger charge is -2.38. The Morgan fingerprint density at radius 1 is 1.35 bits per heavy atom. The zero-order valence-electron chi connectivity index (χ0n) is 12.1. The summed E-state index contributed by atoms with van der Waals surface area (Å²) in [6, 6.07) is 7.45. The molecule has 0 spiro atoms. The standard InChI is InChI=1S/C16H22ClNO2/c1-12(2)15-5-3-4-10-18(15)16(19)11-20-14-8-6-13(17)7-9-14/h6-9,12,15H,3-5,10-11H2,1-2H3. The molecule has 1 heterocycles. The zero-order valence-corrected chi connectivity index (χ0v) is 12.9. The number of likely N-dealkylation sites (tertiary alicyclic amines) is 1. The summed E-state index contributed by atoms with van der Waals surface area (Å²) in [5.41, 5.74) is 0. The molecule has 20 heavy (non-hydrogen) atoms. The molecule has 0 aromatic heterocycles. The first-order valence-electron chi connectivity index (χ1n) is 7.26. The van der Waals surface area contributed by atoms with Gasteiger partial charge in [0.1, 0.15) is 5.75 Å². The Balaban J connectivity index is 1.91. The van der Waals surface area contributed by atoms with E-state index >= 15 is 0 Å². The van der Waals surface area contributed by atoms with E-state index in [0.29, 0.717) is 22.7 Å². The van der Waals surface area contributed by atoms with Gasteiger partial charge in [0, 0.05) is 17.6 Å². The normalized spacial score (nSPS) is 19.2. The van der Waals surface area contributed by atoms with E-state index in [1.54, 1.807) is 24.3 Å². The fraction of sp³-hybridized carbons (Fsp3) is 0.562. The molecule has 110 valence electrons. The summed E-state index contributed by atoms with van der Waals surface area (Å²) in [6.45, 7) is 5.31. The Morgan fingerprint density at radius 3 is 2.70 bits per heavy atom. The van der Waals surface area contributed by atoms with Gasteiger partial charge in [-0.25, -0.2) is 0 Å². The van der Waals surface area contributed by atoms with E-state index in [1.807, 2.05) is 4.90 Å². The number of carbonyl (C=O) groups excluding carboxylic acids is 1. The lowest BCUT2D eigenvalue weighted by molar-refractivity contribution is -0.138. The van der Waals surface area contributed by atoms with E-state index in [1.165, 1.54) is 6.42 Å². The van der Waals surface area contributed by atoms with Gasteiger partial charge in [0.25, 0.3) is 5.91 Å². The van der Waals surface area contributed by atoms with E-state index in [0.717, 1.165) is 19.4 Å². The van der Waals surface area contributed by atoms with Crippen molar-refractivity contribution >= 4 is 17.5 Å². The Kier molecular flexibility index (Phi) is 5.30. The van der Waals surface area contributed by atoms with Crippen LogP contribution in [0.2, 0.25) is 5.02 Å². The van der Waals surface area contributed by atoms with Crippen LogP contribution in [0, 0.1) is 5.92 Å². The number of carbonyl (C=O) groups is 1. The van der Waals surface area contributed by atoms with Crippen molar-refractivity contribution in [1.82, 2.24) is 4.90 Å². The molecule has 4 heteroatoms.